The molecule has 0 spiro atoms. The Balaban J connectivity index is 1.12. The Labute approximate surface area is 231 Å². The molecule has 2 amide bonds. The Bertz CT molecular complexity index is 1500. The van der Waals surface area contributed by atoms with Gasteiger partial charge in [0.1, 0.15) is 17.3 Å². The Morgan fingerprint density at radius 3 is 2.54 bits per heavy atom. The Morgan fingerprint density at radius 1 is 1.00 bits per heavy atom. The predicted molar refractivity (Wildman–Crippen MR) is 153 cm³/mol. The number of thioether (sulfide) groups is 1. The molecule has 0 saturated carbocycles. The highest BCUT2D eigenvalue weighted by Crippen LogP contribution is 2.35. The molecule has 2 aliphatic rings. The molecule has 1 aromatic heterocycles. The van der Waals surface area contributed by atoms with Crippen molar-refractivity contribution >= 4 is 39.6 Å². The van der Waals surface area contributed by atoms with Crippen LogP contribution in [0.4, 0.5) is 10.5 Å². The van der Waals surface area contributed by atoms with Gasteiger partial charge in [-0.25, -0.2) is 4.98 Å². The van der Waals surface area contributed by atoms with Crippen molar-refractivity contribution in [2.75, 3.05) is 18.0 Å². The molecule has 2 atom stereocenters. The van der Waals surface area contributed by atoms with Crippen molar-refractivity contribution in [3.05, 3.63) is 78.1 Å². The number of hydrogen-bond acceptors (Lipinski definition) is 7. The third-order valence-electron chi connectivity index (χ3n) is 7.07. The molecule has 200 valence electrons. The number of aromatic nitrogens is 2. The summed E-state index contributed by atoms with van der Waals surface area (Å²) >= 11 is 1.04. The number of carbonyl (C=O) groups is 2. The molecular formula is C30H30N4O4S. The second kappa shape index (κ2) is 11.0. The van der Waals surface area contributed by atoms with E-state index in [0.29, 0.717) is 12.2 Å². The number of H-pyrrole nitrogens is 1. The predicted octanol–water partition coefficient (Wildman–Crippen LogP) is 6.38. The van der Waals surface area contributed by atoms with Gasteiger partial charge in [-0.1, -0.05) is 36.0 Å². The fraction of sp³-hybridized carbons (Fsp3) is 0.300. The molecule has 39 heavy (non-hydrogen) atoms. The lowest BCUT2D eigenvalue weighted by Gasteiger charge is -2.30. The number of piperidine rings is 1. The highest BCUT2D eigenvalue weighted by atomic mass is 32.2. The molecule has 2 N–H and O–H groups in total. The summed E-state index contributed by atoms with van der Waals surface area (Å²) in [6.45, 7) is 4.06. The molecule has 2 unspecified atom stereocenters. The van der Waals surface area contributed by atoms with E-state index in [1.807, 2.05) is 61.5 Å². The second-order valence-electron chi connectivity index (χ2n) is 9.91. The van der Waals surface area contributed by atoms with Gasteiger partial charge in [0.15, 0.2) is 11.9 Å². The van der Waals surface area contributed by atoms with E-state index in [4.69, 9.17) is 14.5 Å². The van der Waals surface area contributed by atoms with Gasteiger partial charge in [0.05, 0.1) is 22.0 Å². The average molecular weight is 543 g/mol. The summed E-state index contributed by atoms with van der Waals surface area (Å²) in [4.78, 5) is 33.7. The Morgan fingerprint density at radius 2 is 1.77 bits per heavy atom. The summed E-state index contributed by atoms with van der Waals surface area (Å²) in [6.07, 6.45) is 3.90. The zero-order chi connectivity index (χ0) is 26.8. The van der Waals surface area contributed by atoms with Crippen molar-refractivity contribution in [1.82, 2.24) is 15.3 Å². The van der Waals surface area contributed by atoms with E-state index in [9.17, 15) is 9.59 Å². The molecular weight excluding hydrogens is 512 g/mol. The number of benzene rings is 3. The van der Waals surface area contributed by atoms with Crippen LogP contribution in [-0.2, 0) is 11.2 Å². The number of fused-ring (bicyclic) bond motifs is 1. The maximum absolute atomic E-state index is 11.8. The number of imide groups is 1. The molecule has 3 heterocycles. The lowest BCUT2D eigenvalue weighted by atomic mass is 10.1. The first-order chi connectivity index (χ1) is 19.0. The highest BCUT2D eigenvalue weighted by molar-refractivity contribution is 8.15. The van der Waals surface area contributed by atoms with Crippen LogP contribution in [-0.4, -0.2) is 39.5 Å². The van der Waals surface area contributed by atoms with Crippen LogP contribution in [0.5, 0.6) is 17.2 Å². The summed E-state index contributed by atoms with van der Waals surface area (Å²) in [5.41, 5.74) is 3.82. The maximum Gasteiger partial charge on any atom is 0.286 e. The van der Waals surface area contributed by atoms with Crippen LogP contribution < -0.4 is 19.7 Å². The highest BCUT2D eigenvalue weighted by Gasteiger charge is 2.31. The van der Waals surface area contributed by atoms with Gasteiger partial charge in [0.25, 0.3) is 5.24 Å². The molecule has 6 rings (SSSR count). The quantitative estimate of drug-likeness (QED) is 0.267. The summed E-state index contributed by atoms with van der Waals surface area (Å²) in [5.74, 6) is 2.80. The van der Waals surface area contributed by atoms with Crippen LogP contribution in [0.15, 0.2) is 66.7 Å². The number of ether oxygens (including phenoxy) is 2. The van der Waals surface area contributed by atoms with Gasteiger partial charge in [-0.15, -0.1) is 0 Å². The number of nitrogens with zero attached hydrogens (tertiary/aromatic N) is 2. The number of imidazole rings is 1. The van der Waals surface area contributed by atoms with Crippen molar-refractivity contribution in [2.24, 2.45) is 0 Å². The van der Waals surface area contributed by atoms with Gasteiger partial charge in [0, 0.05) is 19.2 Å². The van der Waals surface area contributed by atoms with E-state index >= 15 is 0 Å². The van der Waals surface area contributed by atoms with Crippen molar-refractivity contribution in [2.45, 2.75) is 44.0 Å². The van der Waals surface area contributed by atoms with Gasteiger partial charge in [-0.05, 0) is 74.6 Å². The average Bonchev–Trinajstić information content (AvgIpc) is 3.52. The number of rotatable bonds is 8. The summed E-state index contributed by atoms with van der Waals surface area (Å²) < 4.78 is 12.5. The van der Waals surface area contributed by atoms with Crippen molar-refractivity contribution in [3.8, 4) is 17.2 Å². The molecule has 4 aromatic rings. The van der Waals surface area contributed by atoms with Gasteiger partial charge >= 0.3 is 0 Å². The molecule has 9 heteroatoms. The molecule has 0 radical (unpaired) electrons. The topological polar surface area (TPSA) is 96.5 Å². The van der Waals surface area contributed by atoms with Crippen LogP contribution in [0, 0.1) is 0 Å². The molecule has 2 fully saturated rings. The lowest BCUT2D eigenvalue weighted by molar-refractivity contribution is -0.118. The first kappa shape index (κ1) is 25.3. The molecule has 0 bridgehead atoms. The van der Waals surface area contributed by atoms with E-state index in [-0.39, 0.29) is 22.5 Å². The Hall–Kier alpha value is -3.98. The van der Waals surface area contributed by atoms with Crippen molar-refractivity contribution in [3.63, 3.8) is 0 Å². The van der Waals surface area contributed by atoms with E-state index < -0.39 is 0 Å². The fourth-order valence-electron chi connectivity index (χ4n) is 5.04. The van der Waals surface area contributed by atoms with E-state index in [2.05, 4.69) is 27.3 Å². The molecule has 2 aliphatic heterocycles. The molecule has 0 aliphatic carbocycles. The van der Waals surface area contributed by atoms with Gasteiger partial charge in [0.2, 0.25) is 5.91 Å². The second-order valence-corrected chi connectivity index (χ2v) is 11.1. The van der Waals surface area contributed by atoms with Crippen molar-refractivity contribution < 1.29 is 19.1 Å². The summed E-state index contributed by atoms with van der Waals surface area (Å²) in [6, 6.07) is 21.7. The minimum Gasteiger partial charge on any atom is -0.483 e. The molecule has 2 saturated heterocycles. The third-order valence-corrected chi connectivity index (χ3v) is 8.05. The first-order valence-corrected chi connectivity index (χ1v) is 14.2. The van der Waals surface area contributed by atoms with E-state index in [0.717, 1.165) is 64.5 Å². The maximum atomic E-state index is 11.8. The Kier molecular flexibility index (Phi) is 7.15. The molecule has 3 aromatic carbocycles. The minimum absolute atomic E-state index is 0.233. The summed E-state index contributed by atoms with van der Waals surface area (Å²) in [5, 5.41) is 1.66. The smallest absolute Gasteiger partial charge is 0.286 e. The number of nitrogens with one attached hydrogen (secondary N) is 2. The number of anilines is 1. The minimum atomic E-state index is -0.383. The standard InChI is InChI=1S/C30H30N4O4S/c1-19(37-21-11-9-20(10-12-21)17-27-29(35)33-30(36)39-27)28-31-23-14-13-22(18-24(23)32-28)38-26-8-4-3-7-25(26)34-15-5-2-6-16-34/h3-4,7-14,18-19,27H,2,5-6,15-17H2,1H3,(H,31,32)(H,33,35,36). The largest absolute Gasteiger partial charge is 0.483 e. The lowest BCUT2D eigenvalue weighted by Crippen LogP contribution is -2.29. The van der Waals surface area contributed by atoms with Crippen LogP contribution in [0.1, 0.15) is 43.7 Å². The van der Waals surface area contributed by atoms with Crippen LogP contribution in [0.3, 0.4) is 0 Å². The zero-order valence-electron chi connectivity index (χ0n) is 21.7. The zero-order valence-corrected chi connectivity index (χ0v) is 22.5. The first-order valence-electron chi connectivity index (χ1n) is 13.3. The number of carbonyl (C=O) groups excluding carboxylic acids is 2. The molecule has 8 nitrogen and oxygen atoms in total. The van der Waals surface area contributed by atoms with Crippen molar-refractivity contribution in [1.29, 1.82) is 0 Å². The van der Waals surface area contributed by atoms with E-state index in [1.165, 1.54) is 19.3 Å². The van der Waals surface area contributed by atoms with Crippen LogP contribution >= 0.6 is 11.8 Å². The van der Waals surface area contributed by atoms with Crippen LogP contribution in [0.25, 0.3) is 11.0 Å². The number of amides is 2. The van der Waals surface area contributed by atoms with Gasteiger partial charge < -0.3 is 19.4 Å². The normalized spacial score (nSPS) is 18.3. The monoisotopic (exact) mass is 542 g/mol. The third kappa shape index (κ3) is 5.73. The number of para-hydroxylation sites is 2. The summed E-state index contributed by atoms with van der Waals surface area (Å²) in [7, 11) is 0. The fourth-order valence-corrected chi connectivity index (χ4v) is 5.90. The number of hydrogen-bond donors (Lipinski definition) is 2. The van der Waals surface area contributed by atoms with Crippen LogP contribution in [0.2, 0.25) is 0 Å². The van der Waals surface area contributed by atoms with Gasteiger partial charge in [-0.2, -0.15) is 0 Å². The number of aromatic amines is 1. The SMILES string of the molecule is CC(Oc1ccc(CC2SC(=O)NC2=O)cc1)c1nc2ccc(Oc3ccccc3N3CCCCC3)cc2[nH]1. The van der Waals surface area contributed by atoms with Gasteiger partial charge in [-0.3, -0.25) is 14.9 Å². The van der Waals surface area contributed by atoms with E-state index in [1.54, 1.807) is 0 Å².